The van der Waals surface area contributed by atoms with Gasteiger partial charge < -0.3 is 9.84 Å². The van der Waals surface area contributed by atoms with E-state index in [4.69, 9.17) is 4.74 Å². The number of thioether (sulfide) groups is 1. The summed E-state index contributed by atoms with van der Waals surface area (Å²) < 4.78 is 6.01. The zero-order chi connectivity index (χ0) is 13.2. The molecule has 0 radical (unpaired) electrons. The second-order valence-electron chi connectivity index (χ2n) is 5.94. The van der Waals surface area contributed by atoms with E-state index in [-0.39, 0.29) is 12.2 Å². The summed E-state index contributed by atoms with van der Waals surface area (Å²) in [6, 6.07) is 8.13. The van der Waals surface area contributed by atoms with Crippen molar-refractivity contribution in [3.63, 3.8) is 0 Å². The lowest BCUT2D eigenvalue weighted by atomic mass is 9.78. The molecular weight excluding hydrogens is 256 g/mol. The molecule has 0 bridgehead atoms. The summed E-state index contributed by atoms with van der Waals surface area (Å²) in [4.78, 5) is 1.20. The number of aliphatic hydroxyl groups excluding tert-OH is 1. The summed E-state index contributed by atoms with van der Waals surface area (Å²) in [7, 11) is 0. The lowest BCUT2D eigenvalue weighted by Crippen LogP contribution is -2.42. The highest BCUT2D eigenvalue weighted by Gasteiger charge is 2.34. The number of rotatable bonds is 2. The molecule has 2 aliphatic rings. The van der Waals surface area contributed by atoms with Gasteiger partial charge in [0.1, 0.15) is 11.9 Å². The van der Waals surface area contributed by atoms with Crippen LogP contribution in [0.25, 0.3) is 0 Å². The molecular formula is C16H22O2S. The van der Waals surface area contributed by atoms with Crippen molar-refractivity contribution in [2.45, 2.75) is 49.7 Å². The Labute approximate surface area is 119 Å². The van der Waals surface area contributed by atoms with E-state index in [1.165, 1.54) is 17.7 Å². The SMILES string of the molecule is CC1CCCC(C(O)C2CSc3ccccc3O2)C1. The average molecular weight is 278 g/mol. The van der Waals surface area contributed by atoms with E-state index >= 15 is 0 Å². The van der Waals surface area contributed by atoms with Crippen LogP contribution in [0.5, 0.6) is 5.75 Å². The molecule has 1 aromatic carbocycles. The van der Waals surface area contributed by atoms with E-state index in [0.29, 0.717) is 5.92 Å². The summed E-state index contributed by atoms with van der Waals surface area (Å²) in [6.07, 6.45) is 4.50. The molecule has 1 N–H and O–H groups in total. The minimum absolute atomic E-state index is 0.0461. The molecule has 1 aliphatic heterocycles. The van der Waals surface area contributed by atoms with Crippen LogP contribution in [0, 0.1) is 11.8 Å². The largest absolute Gasteiger partial charge is 0.486 e. The zero-order valence-corrected chi connectivity index (χ0v) is 12.2. The van der Waals surface area contributed by atoms with Crippen LogP contribution in [0.4, 0.5) is 0 Å². The van der Waals surface area contributed by atoms with Crippen LogP contribution in [0.2, 0.25) is 0 Å². The first-order valence-electron chi connectivity index (χ1n) is 7.30. The summed E-state index contributed by atoms with van der Waals surface area (Å²) in [5, 5.41) is 10.6. The lowest BCUT2D eigenvalue weighted by Gasteiger charge is -2.36. The van der Waals surface area contributed by atoms with Gasteiger partial charge in [-0.25, -0.2) is 0 Å². The molecule has 0 spiro atoms. The van der Waals surface area contributed by atoms with Crippen LogP contribution in [-0.4, -0.2) is 23.1 Å². The van der Waals surface area contributed by atoms with E-state index in [1.807, 2.05) is 18.2 Å². The molecule has 19 heavy (non-hydrogen) atoms. The Morgan fingerprint density at radius 2 is 2.16 bits per heavy atom. The number of benzene rings is 1. The molecule has 104 valence electrons. The number of ether oxygens (including phenoxy) is 1. The maximum absolute atomic E-state index is 10.6. The second-order valence-corrected chi connectivity index (χ2v) is 7.00. The molecule has 2 nitrogen and oxygen atoms in total. The number of hydrogen-bond acceptors (Lipinski definition) is 3. The highest BCUT2D eigenvalue weighted by atomic mass is 32.2. The fraction of sp³-hybridized carbons (Fsp3) is 0.625. The zero-order valence-electron chi connectivity index (χ0n) is 11.4. The maximum atomic E-state index is 10.6. The Kier molecular flexibility index (Phi) is 4.04. The van der Waals surface area contributed by atoms with Crippen LogP contribution in [-0.2, 0) is 0 Å². The van der Waals surface area contributed by atoms with E-state index < -0.39 is 0 Å². The smallest absolute Gasteiger partial charge is 0.134 e. The summed E-state index contributed by atoms with van der Waals surface area (Å²) in [5.41, 5.74) is 0. The van der Waals surface area contributed by atoms with E-state index in [2.05, 4.69) is 13.0 Å². The lowest BCUT2D eigenvalue weighted by molar-refractivity contribution is -0.0116. The normalized spacial score (nSPS) is 32.2. The molecule has 4 atom stereocenters. The van der Waals surface area contributed by atoms with Crippen molar-refractivity contribution in [2.75, 3.05) is 5.75 Å². The van der Waals surface area contributed by atoms with E-state index in [9.17, 15) is 5.11 Å². The molecule has 1 heterocycles. The monoisotopic (exact) mass is 278 g/mol. The standard InChI is InChI=1S/C16H22O2S/c1-11-5-4-6-12(9-11)16(17)14-10-19-15-8-3-2-7-13(15)18-14/h2-3,7-8,11-12,14,16-17H,4-6,9-10H2,1H3. The van der Waals surface area contributed by atoms with Gasteiger partial charge in [-0.1, -0.05) is 31.9 Å². The molecule has 4 unspecified atom stereocenters. The Bertz CT molecular complexity index is 435. The number of hydrogen-bond donors (Lipinski definition) is 1. The topological polar surface area (TPSA) is 29.5 Å². The van der Waals surface area contributed by atoms with Crippen LogP contribution in [0.1, 0.15) is 32.6 Å². The first-order valence-corrected chi connectivity index (χ1v) is 8.29. The fourth-order valence-electron chi connectivity index (χ4n) is 3.30. The molecule has 0 amide bonds. The summed E-state index contributed by atoms with van der Waals surface area (Å²) in [5.74, 6) is 2.96. The van der Waals surface area contributed by atoms with Gasteiger partial charge in [-0.3, -0.25) is 0 Å². The maximum Gasteiger partial charge on any atom is 0.134 e. The van der Waals surface area contributed by atoms with Gasteiger partial charge in [-0.05, 0) is 36.8 Å². The van der Waals surface area contributed by atoms with Gasteiger partial charge in [-0.15, -0.1) is 11.8 Å². The summed E-state index contributed by atoms with van der Waals surface area (Å²) in [6.45, 7) is 2.30. The molecule has 3 rings (SSSR count). The molecule has 1 saturated carbocycles. The minimum atomic E-state index is -0.316. The number of fused-ring (bicyclic) bond motifs is 1. The van der Waals surface area contributed by atoms with Gasteiger partial charge in [0.15, 0.2) is 0 Å². The van der Waals surface area contributed by atoms with Gasteiger partial charge in [0.05, 0.1) is 6.10 Å². The van der Waals surface area contributed by atoms with E-state index in [0.717, 1.165) is 30.3 Å². The van der Waals surface area contributed by atoms with Gasteiger partial charge in [0.25, 0.3) is 0 Å². The van der Waals surface area contributed by atoms with Crippen LogP contribution in [0.3, 0.4) is 0 Å². The Morgan fingerprint density at radius 3 is 3.00 bits per heavy atom. The molecule has 1 fully saturated rings. The second kappa shape index (κ2) is 5.76. The van der Waals surface area contributed by atoms with E-state index in [1.54, 1.807) is 11.8 Å². The van der Waals surface area contributed by atoms with Crippen molar-refractivity contribution < 1.29 is 9.84 Å². The predicted octanol–water partition coefficient (Wildman–Crippen LogP) is 3.73. The Hall–Kier alpha value is -0.670. The molecule has 1 aromatic rings. The minimum Gasteiger partial charge on any atom is -0.486 e. The van der Waals surface area contributed by atoms with Gasteiger partial charge in [0.2, 0.25) is 0 Å². The highest BCUT2D eigenvalue weighted by Crippen LogP contribution is 2.39. The highest BCUT2D eigenvalue weighted by molar-refractivity contribution is 7.99. The summed E-state index contributed by atoms with van der Waals surface area (Å²) >= 11 is 1.80. The van der Waals surface area contributed by atoms with Gasteiger partial charge in [-0.2, -0.15) is 0 Å². The molecule has 1 aliphatic carbocycles. The van der Waals surface area contributed by atoms with Gasteiger partial charge >= 0.3 is 0 Å². The fourth-order valence-corrected chi connectivity index (χ4v) is 4.34. The first kappa shape index (κ1) is 13.3. The molecule has 3 heteroatoms. The van der Waals surface area contributed by atoms with Crippen LogP contribution in [0.15, 0.2) is 29.2 Å². The van der Waals surface area contributed by atoms with Crippen molar-refractivity contribution in [1.82, 2.24) is 0 Å². The van der Waals surface area contributed by atoms with Crippen molar-refractivity contribution in [3.05, 3.63) is 24.3 Å². The third kappa shape index (κ3) is 2.92. The quantitative estimate of drug-likeness (QED) is 0.894. The third-order valence-electron chi connectivity index (χ3n) is 4.37. The van der Waals surface area contributed by atoms with Crippen molar-refractivity contribution in [2.24, 2.45) is 11.8 Å². The average Bonchev–Trinajstić information content (AvgIpc) is 2.46. The van der Waals surface area contributed by atoms with Crippen molar-refractivity contribution in [1.29, 1.82) is 0 Å². The van der Waals surface area contributed by atoms with Crippen LogP contribution < -0.4 is 4.74 Å². The van der Waals surface area contributed by atoms with Crippen LogP contribution >= 0.6 is 11.8 Å². The van der Waals surface area contributed by atoms with Crippen molar-refractivity contribution in [3.8, 4) is 5.75 Å². The Morgan fingerprint density at radius 1 is 1.32 bits per heavy atom. The number of aliphatic hydroxyl groups is 1. The van der Waals surface area contributed by atoms with Gasteiger partial charge in [0, 0.05) is 10.6 Å². The molecule has 0 aromatic heterocycles. The third-order valence-corrected chi connectivity index (χ3v) is 5.51. The first-order chi connectivity index (χ1) is 9.24. The van der Waals surface area contributed by atoms with Crippen molar-refractivity contribution >= 4 is 11.8 Å². The number of para-hydroxylation sites is 1. The molecule has 0 saturated heterocycles. The Balaban J connectivity index is 1.67. The predicted molar refractivity (Wildman–Crippen MR) is 78.7 cm³/mol.